The number of hydrogen-bond donors (Lipinski definition) is 2. The highest BCUT2D eigenvalue weighted by atomic mass is 16.5. The van der Waals surface area contributed by atoms with E-state index in [1.165, 1.54) is 0 Å². The lowest BCUT2D eigenvalue weighted by atomic mass is 10.1. The monoisotopic (exact) mass is 242 g/mol. The van der Waals surface area contributed by atoms with E-state index in [-0.39, 0.29) is 0 Å². The molecule has 3 nitrogen and oxygen atoms in total. The van der Waals surface area contributed by atoms with E-state index >= 15 is 0 Å². The molecular formula is C15H18N2O. The minimum atomic E-state index is 0.641. The first-order chi connectivity index (χ1) is 8.72. The van der Waals surface area contributed by atoms with Crippen LogP contribution in [0.5, 0.6) is 5.75 Å². The average Bonchev–Trinajstić information content (AvgIpc) is 2.36. The number of aryl methyl sites for hydroxylation is 1. The molecule has 0 aromatic heterocycles. The van der Waals surface area contributed by atoms with Crippen LogP contribution >= 0.6 is 0 Å². The van der Waals surface area contributed by atoms with Crippen molar-refractivity contribution < 1.29 is 4.74 Å². The third-order valence-corrected chi connectivity index (χ3v) is 2.75. The number of benzene rings is 2. The van der Waals surface area contributed by atoms with Crippen molar-refractivity contribution >= 4 is 17.1 Å². The number of anilines is 3. The lowest BCUT2D eigenvalue weighted by molar-refractivity contribution is 0.342. The first-order valence-electron chi connectivity index (χ1n) is 6.06. The van der Waals surface area contributed by atoms with E-state index in [2.05, 4.69) is 5.32 Å². The van der Waals surface area contributed by atoms with Crippen LogP contribution in [0.4, 0.5) is 17.1 Å². The van der Waals surface area contributed by atoms with Crippen molar-refractivity contribution in [2.24, 2.45) is 0 Å². The first kappa shape index (κ1) is 12.3. The van der Waals surface area contributed by atoms with Gasteiger partial charge in [-0.2, -0.15) is 0 Å². The Balaban J connectivity index is 2.34. The standard InChI is InChI=1S/C15H18N2O/c1-3-18-14-10-5-4-9-13(14)17-15-11(2)7-6-8-12(15)16/h4-10,17H,3,16H2,1-2H3. The molecule has 0 heterocycles. The van der Waals surface area contributed by atoms with E-state index in [0.29, 0.717) is 6.61 Å². The Morgan fingerprint density at radius 3 is 2.61 bits per heavy atom. The summed E-state index contributed by atoms with van der Waals surface area (Å²) in [6.45, 7) is 4.64. The van der Waals surface area contributed by atoms with E-state index in [1.54, 1.807) is 0 Å². The van der Waals surface area contributed by atoms with Gasteiger partial charge in [-0.3, -0.25) is 0 Å². The van der Waals surface area contributed by atoms with E-state index in [9.17, 15) is 0 Å². The molecule has 0 spiro atoms. The Morgan fingerprint density at radius 1 is 1.11 bits per heavy atom. The molecule has 0 aliphatic rings. The second-order valence-corrected chi connectivity index (χ2v) is 4.09. The maximum Gasteiger partial charge on any atom is 0.142 e. The van der Waals surface area contributed by atoms with Crippen molar-refractivity contribution in [2.75, 3.05) is 17.7 Å². The molecule has 0 aliphatic heterocycles. The first-order valence-corrected chi connectivity index (χ1v) is 6.06. The van der Waals surface area contributed by atoms with Gasteiger partial charge in [0.2, 0.25) is 0 Å². The third-order valence-electron chi connectivity index (χ3n) is 2.75. The molecule has 2 rings (SSSR count). The molecule has 0 saturated carbocycles. The summed E-state index contributed by atoms with van der Waals surface area (Å²) in [7, 11) is 0. The number of nitrogens with one attached hydrogen (secondary N) is 1. The predicted octanol–water partition coefficient (Wildman–Crippen LogP) is 3.72. The Morgan fingerprint density at radius 2 is 1.89 bits per heavy atom. The van der Waals surface area contributed by atoms with E-state index in [1.807, 2.05) is 56.3 Å². The molecule has 3 heteroatoms. The van der Waals surface area contributed by atoms with Crippen molar-refractivity contribution in [2.45, 2.75) is 13.8 Å². The molecule has 0 unspecified atom stereocenters. The van der Waals surface area contributed by atoms with E-state index in [0.717, 1.165) is 28.4 Å². The number of nitrogen functional groups attached to an aromatic ring is 1. The second kappa shape index (κ2) is 5.45. The number of nitrogens with two attached hydrogens (primary N) is 1. The van der Waals surface area contributed by atoms with Crippen LogP contribution in [0, 0.1) is 6.92 Å². The molecule has 18 heavy (non-hydrogen) atoms. The maximum atomic E-state index is 5.99. The highest BCUT2D eigenvalue weighted by molar-refractivity contribution is 5.77. The molecule has 0 amide bonds. The minimum Gasteiger partial charge on any atom is -0.492 e. The molecular weight excluding hydrogens is 224 g/mol. The SMILES string of the molecule is CCOc1ccccc1Nc1c(C)cccc1N. The molecule has 2 aromatic rings. The highest BCUT2D eigenvalue weighted by Gasteiger charge is 2.06. The molecule has 94 valence electrons. The lowest BCUT2D eigenvalue weighted by Gasteiger charge is -2.15. The summed E-state index contributed by atoms with van der Waals surface area (Å²) in [5.74, 6) is 0.836. The summed E-state index contributed by atoms with van der Waals surface area (Å²) in [5, 5.41) is 3.34. The lowest BCUT2D eigenvalue weighted by Crippen LogP contribution is -2.01. The van der Waals surface area contributed by atoms with Crippen LogP contribution in [0.25, 0.3) is 0 Å². The average molecular weight is 242 g/mol. The number of ether oxygens (including phenoxy) is 1. The Bertz CT molecular complexity index is 518. The zero-order valence-electron chi connectivity index (χ0n) is 10.7. The Hall–Kier alpha value is -2.16. The van der Waals surface area contributed by atoms with Crippen molar-refractivity contribution in [1.29, 1.82) is 0 Å². The van der Waals surface area contributed by atoms with Gasteiger partial charge < -0.3 is 15.8 Å². The van der Waals surface area contributed by atoms with Crippen LogP contribution in [0.15, 0.2) is 42.5 Å². The van der Waals surface area contributed by atoms with Crippen molar-refractivity contribution in [3.8, 4) is 5.75 Å². The van der Waals surface area contributed by atoms with Gasteiger partial charge in [0.15, 0.2) is 0 Å². The van der Waals surface area contributed by atoms with Crippen molar-refractivity contribution in [3.63, 3.8) is 0 Å². The van der Waals surface area contributed by atoms with Gasteiger partial charge in [-0.1, -0.05) is 24.3 Å². The second-order valence-electron chi connectivity index (χ2n) is 4.09. The molecule has 0 aliphatic carbocycles. The highest BCUT2D eigenvalue weighted by Crippen LogP contribution is 2.31. The fourth-order valence-electron chi connectivity index (χ4n) is 1.85. The van der Waals surface area contributed by atoms with Gasteiger partial charge in [0, 0.05) is 0 Å². The molecule has 0 atom stereocenters. The van der Waals surface area contributed by atoms with Gasteiger partial charge in [-0.05, 0) is 37.6 Å². The van der Waals surface area contributed by atoms with Gasteiger partial charge in [0.25, 0.3) is 0 Å². The van der Waals surface area contributed by atoms with Crippen LogP contribution < -0.4 is 15.8 Å². The molecule has 0 radical (unpaired) electrons. The van der Waals surface area contributed by atoms with Gasteiger partial charge in [-0.15, -0.1) is 0 Å². The van der Waals surface area contributed by atoms with E-state index < -0.39 is 0 Å². The number of para-hydroxylation sites is 3. The smallest absolute Gasteiger partial charge is 0.142 e. The van der Waals surface area contributed by atoms with Crippen LogP contribution in [0.3, 0.4) is 0 Å². The maximum absolute atomic E-state index is 5.99. The normalized spacial score (nSPS) is 10.1. The predicted molar refractivity (Wildman–Crippen MR) is 76.5 cm³/mol. The van der Waals surface area contributed by atoms with E-state index in [4.69, 9.17) is 10.5 Å². The van der Waals surface area contributed by atoms with Gasteiger partial charge in [0.05, 0.1) is 23.7 Å². The summed E-state index contributed by atoms with van der Waals surface area (Å²) in [6.07, 6.45) is 0. The summed E-state index contributed by atoms with van der Waals surface area (Å²) in [6, 6.07) is 13.7. The summed E-state index contributed by atoms with van der Waals surface area (Å²) < 4.78 is 5.59. The van der Waals surface area contributed by atoms with Crippen LogP contribution in [-0.4, -0.2) is 6.61 Å². The topological polar surface area (TPSA) is 47.3 Å². The van der Waals surface area contributed by atoms with Crippen LogP contribution in [-0.2, 0) is 0 Å². The Kier molecular flexibility index (Phi) is 3.72. The molecule has 0 bridgehead atoms. The van der Waals surface area contributed by atoms with Gasteiger partial charge in [0.1, 0.15) is 5.75 Å². The molecule has 3 N–H and O–H groups in total. The minimum absolute atomic E-state index is 0.641. The fourth-order valence-corrected chi connectivity index (χ4v) is 1.85. The zero-order valence-corrected chi connectivity index (χ0v) is 10.7. The zero-order chi connectivity index (χ0) is 13.0. The van der Waals surface area contributed by atoms with Crippen LogP contribution in [0.2, 0.25) is 0 Å². The summed E-state index contributed by atoms with van der Waals surface area (Å²) >= 11 is 0. The quantitative estimate of drug-likeness (QED) is 0.803. The van der Waals surface area contributed by atoms with Crippen LogP contribution in [0.1, 0.15) is 12.5 Å². The summed E-state index contributed by atoms with van der Waals surface area (Å²) in [5.41, 5.74) is 9.71. The molecule has 0 fully saturated rings. The Labute approximate surface area is 108 Å². The number of hydrogen-bond acceptors (Lipinski definition) is 3. The third kappa shape index (κ3) is 2.56. The molecule has 0 saturated heterocycles. The molecule has 2 aromatic carbocycles. The van der Waals surface area contributed by atoms with Gasteiger partial charge in [-0.25, -0.2) is 0 Å². The largest absolute Gasteiger partial charge is 0.492 e. The summed E-state index contributed by atoms with van der Waals surface area (Å²) in [4.78, 5) is 0. The number of rotatable bonds is 4. The van der Waals surface area contributed by atoms with Crippen molar-refractivity contribution in [3.05, 3.63) is 48.0 Å². The fraction of sp³-hybridized carbons (Fsp3) is 0.200. The van der Waals surface area contributed by atoms with Gasteiger partial charge >= 0.3 is 0 Å². The van der Waals surface area contributed by atoms with Crippen molar-refractivity contribution in [1.82, 2.24) is 0 Å².